The summed E-state index contributed by atoms with van der Waals surface area (Å²) < 4.78 is 15.8. The Morgan fingerprint density at radius 3 is 2.38 bits per heavy atom. The predicted octanol–water partition coefficient (Wildman–Crippen LogP) is 3.65. The highest BCUT2D eigenvalue weighted by Crippen LogP contribution is 2.28. The molecule has 0 spiro atoms. The third-order valence-corrected chi connectivity index (χ3v) is 5.30. The van der Waals surface area contributed by atoms with Crippen LogP contribution in [0, 0.1) is 0 Å². The van der Waals surface area contributed by atoms with Gasteiger partial charge in [-0.3, -0.25) is 4.79 Å². The summed E-state index contributed by atoms with van der Waals surface area (Å²) in [4.78, 5) is 32.1. The van der Waals surface area contributed by atoms with Gasteiger partial charge in [0.05, 0.1) is 19.7 Å². The van der Waals surface area contributed by atoms with E-state index in [0.717, 1.165) is 36.8 Å². The largest absolute Gasteiger partial charge is 0.497 e. The number of pyridine rings is 1. The molecule has 8 heteroatoms. The predicted molar refractivity (Wildman–Crippen MR) is 122 cm³/mol. The van der Waals surface area contributed by atoms with Gasteiger partial charge in [0, 0.05) is 42.4 Å². The van der Waals surface area contributed by atoms with Gasteiger partial charge in [-0.05, 0) is 25.0 Å². The van der Waals surface area contributed by atoms with Gasteiger partial charge in [0.1, 0.15) is 22.9 Å². The van der Waals surface area contributed by atoms with Gasteiger partial charge in [0.25, 0.3) is 5.91 Å². The van der Waals surface area contributed by atoms with Crippen molar-refractivity contribution in [3.05, 3.63) is 54.1 Å². The molecule has 1 saturated heterocycles. The maximum absolute atomic E-state index is 12.9. The summed E-state index contributed by atoms with van der Waals surface area (Å²) in [6.07, 6.45) is 2.10. The van der Waals surface area contributed by atoms with Crippen LogP contribution in [0.3, 0.4) is 0 Å². The van der Waals surface area contributed by atoms with Gasteiger partial charge in [-0.25, -0.2) is 9.78 Å². The smallest absolute Gasteiger partial charge is 0.342 e. The molecule has 1 aliphatic rings. The first-order valence-electron chi connectivity index (χ1n) is 10.4. The number of rotatable bonds is 7. The van der Waals surface area contributed by atoms with E-state index >= 15 is 0 Å². The van der Waals surface area contributed by atoms with Gasteiger partial charge in [-0.1, -0.05) is 18.2 Å². The first-order valence-corrected chi connectivity index (χ1v) is 10.4. The van der Waals surface area contributed by atoms with Crippen molar-refractivity contribution in [2.45, 2.75) is 12.8 Å². The molecule has 0 aliphatic carbocycles. The first-order chi connectivity index (χ1) is 15.6. The number of amides is 1. The molecule has 1 N–H and O–H groups in total. The molecule has 1 fully saturated rings. The van der Waals surface area contributed by atoms with Gasteiger partial charge < -0.3 is 24.4 Å². The first kappa shape index (κ1) is 21.4. The van der Waals surface area contributed by atoms with Crippen molar-refractivity contribution >= 4 is 34.3 Å². The van der Waals surface area contributed by atoms with Crippen molar-refractivity contribution in [1.82, 2.24) is 4.98 Å². The molecule has 0 radical (unpaired) electrons. The number of carbonyl (C=O) groups is 2. The van der Waals surface area contributed by atoms with Crippen LogP contribution in [-0.4, -0.2) is 50.8 Å². The van der Waals surface area contributed by atoms with Crippen LogP contribution in [0.15, 0.2) is 48.5 Å². The Kier molecular flexibility index (Phi) is 6.39. The Morgan fingerprint density at radius 2 is 1.69 bits per heavy atom. The Balaban J connectivity index is 1.49. The summed E-state index contributed by atoms with van der Waals surface area (Å²) in [5.74, 6) is 0.626. The van der Waals surface area contributed by atoms with E-state index in [0.29, 0.717) is 28.6 Å². The molecule has 2 aromatic carbocycles. The highest BCUT2D eigenvalue weighted by Gasteiger charge is 2.23. The zero-order valence-corrected chi connectivity index (χ0v) is 18.1. The molecule has 0 atom stereocenters. The van der Waals surface area contributed by atoms with Crippen LogP contribution in [0.25, 0.3) is 10.9 Å². The van der Waals surface area contributed by atoms with Crippen molar-refractivity contribution in [1.29, 1.82) is 0 Å². The molecule has 1 aromatic heterocycles. The SMILES string of the molecule is COc1cc(NC(=O)COC(=O)c2cc3ccccc3nc2N2CCCC2)cc(OC)c1. The van der Waals surface area contributed by atoms with Gasteiger partial charge in [0.15, 0.2) is 6.61 Å². The van der Waals surface area contributed by atoms with E-state index in [4.69, 9.17) is 19.2 Å². The lowest BCUT2D eigenvalue weighted by molar-refractivity contribution is -0.119. The fourth-order valence-electron chi connectivity index (χ4n) is 3.71. The summed E-state index contributed by atoms with van der Waals surface area (Å²) >= 11 is 0. The summed E-state index contributed by atoms with van der Waals surface area (Å²) in [6, 6.07) is 14.4. The number of anilines is 2. The monoisotopic (exact) mass is 435 g/mol. The van der Waals surface area contributed by atoms with Crippen molar-refractivity contribution in [2.75, 3.05) is 44.1 Å². The lowest BCUT2D eigenvalue weighted by Gasteiger charge is -2.20. The molecule has 1 amide bonds. The molecular formula is C24H25N3O5. The average molecular weight is 435 g/mol. The fraction of sp³-hybridized carbons (Fsp3) is 0.292. The van der Waals surface area contributed by atoms with E-state index in [2.05, 4.69) is 10.2 Å². The molecule has 32 heavy (non-hydrogen) atoms. The molecule has 8 nitrogen and oxygen atoms in total. The second-order valence-electron chi connectivity index (χ2n) is 7.47. The lowest BCUT2D eigenvalue weighted by atomic mass is 10.1. The van der Waals surface area contributed by atoms with Crippen molar-refractivity contribution in [2.24, 2.45) is 0 Å². The van der Waals surface area contributed by atoms with E-state index in [1.165, 1.54) is 14.2 Å². The summed E-state index contributed by atoms with van der Waals surface area (Å²) in [5.41, 5.74) is 1.66. The van der Waals surface area contributed by atoms with E-state index in [1.807, 2.05) is 24.3 Å². The Bertz CT molecular complexity index is 1120. The summed E-state index contributed by atoms with van der Waals surface area (Å²) in [7, 11) is 3.05. The molecule has 1 aliphatic heterocycles. The molecule has 0 saturated carbocycles. The number of ether oxygens (including phenoxy) is 3. The second-order valence-corrected chi connectivity index (χ2v) is 7.47. The molecule has 0 unspecified atom stereocenters. The topological polar surface area (TPSA) is 90.0 Å². The van der Waals surface area contributed by atoms with Gasteiger partial charge in [0.2, 0.25) is 0 Å². The molecule has 4 rings (SSSR count). The number of para-hydroxylation sites is 1. The zero-order chi connectivity index (χ0) is 22.5. The van der Waals surface area contributed by atoms with Crippen molar-refractivity contribution < 1.29 is 23.8 Å². The normalized spacial score (nSPS) is 13.1. The summed E-state index contributed by atoms with van der Waals surface area (Å²) in [5, 5.41) is 3.54. The quantitative estimate of drug-likeness (QED) is 0.567. The van der Waals surface area contributed by atoms with Crippen molar-refractivity contribution in [3.63, 3.8) is 0 Å². The number of fused-ring (bicyclic) bond motifs is 1. The van der Waals surface area contributed by atoms with Crippen LogP contribution in [0.4, 0.5) is 11.5 Å². The van der Waals surface area contributed by atoms with E-state index in [1.54, 1.807) is 24.3 Å². The number of nitrogens with zero attached hydrogens (tertiary/aromatic N) is 2. The third kappa shape index (κ3) is 4.74. The highest BCUT2D eigenvalue weighted by atomic mass is 16.5. The molecule has 166 valence electrons. The average Bonchev–Trinajstić information content (AvgIpc) is 3.36. The van der Waals surface area contributed by atoms with Crippen LogP contribution in [-0.2, 0) is 9.53 Å². The minimum Gasteiger partial charge on any atom is -0.497 e. The van der Waals surface area contributed by atoms with Gasteiger partial charge in [-0.15, -0.1) is 0 Å². The lowest BCUT2D eigenvalue weighted by Crippen LogP contribution is -2.25. The maximum atomic E-state index is 12.9. The Hall–Kier alpha value is -3.81. The van der Waals surface area contributed by atoms with Crippen LogP contribution in [0.1, 0.15) is 23.2 Å². The second kappa shape index (κ2) is 9.55. The number of esters is 1. The maximum Gasteiger partial charge on any atom is 0.342 e. The Labute approximate surface area is 186 Å². The van der Waals surface area contributed by atoms with Gasteiger partial charge >= 0.3 is 5.97 Å². The van der Waals surface area contributed by atoms with Crippen LogP contribution in [0.2, 0.25) is 0 Å². The minimum atomic E-state index is -0.580. The van der Waals surface area contributed by atoms with Gasteiger partial charge in [-0.2, -0.15) is 0 Å². The standard InChI is InChI=1S/C24H25N3O5/c1-30-18-12-17(13-19(14-18)31-2)25-22(28)15-32-24(29)20-11-16-7-3-4-8-21(16)26-23(20)27-9-5-6-10-27/h3-4,7-8,11-14H,5-6,9-10,15H2,1-2H3,(H,25,28). The molecule has 0 bridgehead atoms. The number of methoxy groups -OCH3 is 2. The number of benzene rings is 2. The van der Waals surface area contributed by atoms with E-state index < -0.39 is 18.5 Å². The molecular weight excluding hydrogens is 410 g/mol. The van der Waals surface area contributed by atoms with Crippen LogP contribution < -0.4 is 19.7 Å². The highest BCUT2D eigenvalue weighted by molar-refractivity contribution is 6.01. The van der Waals surface area contributed by atoms with Crippen molar-refractivity contribution in [3.8, 4) is 11.5 Å². The zero-order valence-electron chi connectivity index (χ0n) is 18.1. The minimum absolute atomic E-state index is 0.362. The molecule has 3 aromatic rings. The number of aromatic nitrogens is 1. The Morgan fingerprint density at radius 1 is 1.00 bits per heavy atom. The number of nitrogens with one attached hydrogen (secondary N) is 1. The molecule has 2 heterocycles. The number of hydrogen-bond acceptors (Lipinski definition) is 7. The fourth-order valence-corrected chi connectivity index (χ4v) is 3.71. The third-order valence-electron chi connectivity index (χ3n) is 5.30. The van der Waals surface area contributed by atoms with E-state index in [9.17, 15) is 9.59 Å². The van der Waals surface area contributed by atoms with Crippen LogP contribution >= 0.6 is 0 Å². The number of carbonyl (C=O) groups excluding carboxylic acids is 2. The number of hydrogen-bond donors (Lipinski definition) is 1. The summed E-state index contributed by atoms with van der Waals surface area (Å²) in [6.45, 7) is 1.25. The van der Waals surface area contributed by atoms with E-state index in [-0.39, 0.29) is 0 Å². The van der Waals surface area contributed by atoms with Crippen LogP contribution in [0.5, 0.6) is 11.5 Å².